The number of alkyl halides is 3. The highest BCUT2D eigenvalue weighted by molar-refractivity contribution is 7.15. The van der Waals surface area contributed by atoms with Crippen molar-refractivity contribution in [2.75, 3.05) is 31.5 Å². The molecule has 0 aromatic carbocycles. The molecule has 0 atom stereocenters. The van der Waals surface area contributed by atoms with Crippen LogP contribution < -0.4 is 5.32 Å². The predicted octanol–water partition coefficient (Wildman–Crippen LogP) is 2.92. The molecule has 0 fully saturated rings. The fourth-order valence-electron chi connectivity index (χ4n) is 1.35. The van der Waals surface area contributed by atoms with Crippen molar-refractivity contribution in [2.45, 2.75) is 20.0 Å². The van der Waals surface area contributed by atoms with Crippen molar-refractivity contribution in [3.63, 3.8) is 0 Å². The minimum Gasteiger partial charge on any atom is -0.360 e. The molecule has 7 heteroatoms. The Morgan fingerprint density at radius 2 is 2.00 bits per heavy atom. The Bertz CT molecular complexity index is 334. The number of hydrogen-bond acceptors (Lipinski definition) is 4. The highest BCUT2D eigenvalue weighted by Gasteiger charge is 2.33. The van der Waals surface area contributed by atoms with Crippen molar-refractivity contribution in [1.29, 1.82) is 0 Å². The van der Waals surface area contributed by atoms with Crippen molar-refractivity contribution in [2.24, 2.45) is 0 Å². The van der Waals surface area contributed by atoms with E-state index in [1.807, 2.05) is 0 Å². The summed E-state index contributed by atoms with van der Waals surface area (Å²) in [4.78, 5) is 5.22. The molecule has 1 rings (SSSR count). The third-order valence-electron chi connectivity index (χ3n) is 2.38. The molecule has 0 spiro atoms. The van der Waals surface area contributed by atoms with Gasteiger partial charge in [0.25, 0.3) is 0 Å². The quantitative estimate of drug-likeness (QED) is 0.859. The Balaban J connectivity index is 2.40. The van der Waals surface area contributed by atoms with Crippen LogP contribution in [0, 0.1) is 0 Å². The molecular formula is C10H16F3N3S. The van der Waals surface area contributed by atoms with Gasteiger partial charge in [-0.15, -0.1) is 0 Å². The van der Waals surface area contributed by atoms with Gasteiger partial charge < -0.3 is 10.2 Å². The minimum atomic E-state index is -4.30. The fourth-order valence-corrected chi connectivity index (χ4v) is 2.06. The summed E-state index contributed by atoms with van der Waals surface area (Å²) in [6.45, 7) is 7.37. The Hall–Kier alpha value is -0.820. The minimum absolute atomic E-state index is 0.324. The molecule has 0 radical (unpaired) electrons. The van der Waals surface area contributed by atoms with E-state index in [9.17, 15) is 13.2 Å². The molecule has 1 aromatic heterocycles. The second kappa shape index (κ2) is 6.20. The molecule has 17 heavy (non-hydrogen) atoms. The Kier molecular flexibility index (Phi) is 5.20. The summed E-state index contributed by atoms with van der Waals surface area (Å²) in [5, 5.41) is 3.23. The molecule has 0 bridgehead atoms. The van der Waals surface area contributed by atoms with Crippen LogP contribution in [-0.4, -0.2) is 36.1 Å². The predicted molar refractivity (Wildman–Crippen MR) is 63.4 cm³/mol. The van der Waals surface area contributed by atoms with E-state index in [0.717, 1.165) is 25.8 Å². The second-order valence-electron chi connectivity index (χ2n) is 3.48. The first-order chi connectivity index (χ1) is 7.97. The molecule has 0 saturated heterocycles. The van der Waals surface area contributed by atoms with E-state index in [-0.39, 0.29) is 0 Å². The summed E-state index contributed by atoms with van der Waals surface area (Å²) in [6.07, 6.45) is -3.43. The summed E-state index contributed by atoms with van der Waals surface area (Å²) in [7, 11) is 0. The maximum atomic E-state index is 12.3. The van der Waals surface area contributed by atoms with Crippen LogP contribution in [0.25, 0.3) is 0 Å². The smallest absolute Gasteiger partial charge is 0.360 e. The lowest BCUT2D eigenvalue weighted by molar-refractivity contribution is -0.134. The van der Waals surface area contributed by atoms with Crippen LogP contribution in [0.4, 0.5) is 18.3 Å². The first-order valence-corrected chi connectivity index (χ1v) is 6.28. The second-order valence-corrected chi connectivity index (χ2v) is 4.51. The van der Waals surface area contributed by atoms with E-state index in [1.165, 1.54) is 0 Å². The van der Waals surface area contributed by atoms with E-state index in [2.05, 4.69) is 29.0 Å². The van der Waals surface area contributed by atoms with Crippen molar-refractivity contribution in [3.05, 3.63) is 11.1 Å². The summed E-state index contributed by atoms with van der Waals surface area (Å²) in [6, 6.07) is 0. The maximum absolute atomic E-state index is 12.3. The number of nitrogens with zero attached hydrogens (tertiary/aromatic N) is 2. The van der Waals surface area contributed by atoms with E-state index in [0.29, 0.717) is 23.0 Å². The summed E-state index contributed by atoms with van der Waals surface area (Å²) in [5.41, 5.74) is 0. The molecule has 1 aromatic rings. The number of aromatic nitrogens is 1. The fraction of sp³-hybridized carbons (Fsp3) is 0.700. The van der Waals surface area contributed by atoms with Crippen molar-refractivity contribution < 1.29 is 13.2 Å². The zero-order chi connectivity index (χ0) is 12.9. The Labute approximate surface area is 103 Å². The lowest BCUT2D eigenvalue weighted by atomic mass is 10.5. The molecule has 0 aliphatic carbocycles. The topological polar surface area (TPSA) is 28.2 Å². The highest BCUT2D eigenvalue weighted by atomic mass is 32.1. The molecular weight excluding hydrogens is 251 g/mol. The van der Waals surface area contributed by atoms with Gasteiger partial charge in [0.2, 0.25) is 0 Å². The van der Waals surface area contributed by atoms with Gasteiger partial charge in [-0.3, -0.25) is 0 Å². The zero-order valence-electron chi connectivity index (χ0n) is 9.84. The van der Waals surface area contributed by atoms with Crippen molar-refractivity contribution in [3.8, 4) is 0 Å². The van der Waals surface area contributed by atoms with Gasteiger partial charge in [0.15, 0.2) is 5.13 Å². The molecule has 1 N–H and O–H groups in total. The summed E-state index contributed by atoms with van der Waals surface area (Å²) >= 11 is 0.641. The van der Waals surface area contributed by atoms with Gasteiger partial charge in [0, 0.05) is 13.1 Å². The number of nitrogens with one attached hydrogen (secondary N) is 1. The van der Waals surface area contributed by atoms with Gasteiger partial charge in [0.1, 0.15) is 4.88 Å². The third kappa shape index (κ3) is 4.51. The average Bonchev–Trinajstić information content (AvgIpc) is 2.73. The van der Waals surface area contributed by atoms with Crippen LogP contribution in [0.1, 0.15) is 18.7 Å². The average molecular weight is 267 g/mol. The molecule has 0 unspecified atom stereocenters. The first-order valence-electron chi connectivity index (χ1n) is 5.46. The van der Waals surface area contributed by atoms with Crippen LogP contribution in [0.5, 0.6) is 0 Å². The van der Waals surface area contributed by atoms with E-state index >= 15 is 0 Å². The van der Waals surface area contributed by atoms with Gasteiger partial charge in [-0.2, -0.15) is 13.2 Å². The molecule has 0 aliphatic heterocycles. The van der Waals surface area contributed by atoms with Gasteiger partial charge in [-0.1, -0.05) is 25.2 Å². The van der Waals surface area contributed by atoms with Gasteiger partial charge in [-0.05, 0) is 13.1 Å². The molecule has 98 valence electrons. The van der Waals surface area contributed by atoms with Crippen LogP contribution in [0.3, 0.4) is 0 Å². The number of likely N-dealkylation sites (N-methyl/N-ethyl adjacent to an activating group) is 1. The largest absolute Gasteiger partial charge is 0.427 e. The van der Waals surface area contributed by atoms with Crippen molar-refractivity contribution >= 4 is 16.5 Å². The van der Waals surface area contributed by atoms with Gasteiger partial charge >= 0.3 is 6.18 Å². The normalized spacial score (nSPS) is 12.1. The van der Waals surface area contributed by atoms with Crippen LogP contribution in [0.2, 0.25) is 0 Å². The van der Waals surface area contributed by atoms with Gasteiger partial charge in [-0.25, -0.2) is 4.98 Å². The van der Waals surface area contributed by atoms with Crippen LogP contribution in [-0.2, 0) is 6.18 Å². The van der Waals surface area contributed by atoms with Crippen LogP contribution in [0.15, 0.2) is 6.20 Å². The van der Waals surface area contributed by atoms with E-state index in [4.69, 9.17) is 0 Å². The van der Waals surface area contributed by atoms with Crippen LogP contribution >= 0.6 is 11.3 Å². The Morgan fingerprint density at radius 1 is 1.35 bits per heavy atom. The first kappa shape index (κ1) is 14.2. The lowest BCUT2D eigenvalue weighted by Crippen LogP contribution is -2.28. The number of thiazole rings is 1. The van der Waals surface area contributed by atoms with Gasteiger partial charge in [0.05, 0.1) is 6.20 Å². The lowest BCUT2D eigenvalue weighted by Gasteiger charge is -2.17. The zero-order valence-corrected chi connectivity index (χ0v) is 10.7. The molecule has 1 heterocycles. The number of halogens is 3. The molecule has 0 saturated carbocycles. The molecule has 0 amide bonds. The summed E-state index contributed by atoms with van der Waals surface area (Å²) < 4.78 is 36.9. The number of anilines is 1. The number of rotatable bonds is 6. The standard InChI is InChI=1S/C10H16F3N3S/c1-3-16(4-2)6-5-14-9-15-7-8(17-9)10(11,12)13/h7H,3-6H2,1-2H3,(H,14,15). The summed E-state index contributed by atoms with van der Waals surface area (Å²) in [5.74, 6) is 0. The molecule has 0 aliphatic rings. The monoisotopic (exact) mass is 267 g/mol. The number of hydrogen-bond donors (Lipinski definition) is 1. The highest BCUT2D eigenvalue weighted by Crippen LogP contribution is 2.34. The third-order valence-corrected chi connectivity index (χ3v) is 3.38. The Morgan fingerprint density at radius 3 is 2.47 bits per heavy atom. The maximum Gasteiger partial charge on any atom is 0.427 e. The van der Waals surface area contributed by atoms with E-state index in [1.54, 1.807) is 0 Å². The van der Waals surface area contributed by atoms with E-state index < -0.39 is 11.1 Å². The SMILES string of the molecule is CCN(CC)CCNc1ncc(C(F)(F)F)s1. The molecule has 3 nitrogen and oxygen atoms in total. The van der Waals surface area contributed by atoms with Crippen molar-refractivity contribution in [1.82, 2.24) is 9.88 Å².